The Morgan fingerprint density at radius 1 is 1.11 bits per heavy atom. The molecule has 38 heavy (non-hydrogen) atoms. The van der Waals surface area contributed by atoms with E-state index in [-0.39, 0.29) is 17.0 Å². The van der Waals surface area contributed by atoms with Crippen molar-refractivity contribution in [3.63, 3.8) is 0 Å². The van der Waals surface area contributed by atoms with Gasteiger partial charge in [-0.05, 0) is 60.2 Å². The second kappa shape index (κ2) is 11.4. The lowest BCUT2D eigenvalue weighted by molar-refractivity contribution is 0.0594. The summed E-state index contributed by atoms with van der Waals surface area (Å²) in [7, 11) is 1.24. The van der Waals surface area contributed by atoms with Crippen molar-refractivity contribution in [3.8, 4) is 27.3 Å². The number of methoxy groups -OCH3 is 1. The second-order valence-electron chi connectivity index (χ2n) is 8.82. The smallest absolute Gasteiger partial charge is 0.357 e. The van der Waals surface area contributed by atoms with Crippen LogP contribution in [0.25, 0.3) is 21.6 Å². The van der Waals surface area contributed by atoms with Gasteiger partial charge in [-0.3, -0.25) is 9.59 Å². The number of amides is 2. The van der Waals surface area contributed by atoms with Crippen LogP contribution in [0.15, 0.2) is 60.1 Å². The number of nitrogens with one attached hydrogen (secondary N) is 2. The summed E-state index contributed by atoms with van der Waals surface area (Å²) in [5.41, 5.74) is 3.90. The molecule has 0 saturated carbocycles. The van der Waals surface area contributed by atoms with Crippen molar-refractivity contribution in [2.24, 2.45) is 0 Å². The number of fused-ring (bicyclic) bond motifs is 3. The van der Waals surface area contributed by atoms with E-state index in [1.807, 2.05) is 12.3 Å². The first-order valence-electron chi connectivity index (χ1n) is 12.2. The Balaban J connectivity index is 1.93. The van der Waals surface area contributed by atoms with Gasteiger partial charge in [0, 0.05) is 45.8 Å². The molecular formula is C29H29N3O5S. The van der Waals surface area contributed by atoms with E-state index in [1.54, 1.807) is 36.5 Å². The van der Waals surface area contributed by atoms with Gasteiger partial charge < -0.3 is 20.1 Å². The molecule has 3 aromatic rings. The van der Waals surface area contributed by atoms with E-state index in [4.69, 9.17) is 9.47 Å². The number of nitrogens with zero attached hydrogens (tertiary/aromatic N) is 1. The van der Waals surface area contributed by atoms with Gasteiger partial charge in [-0.1, -0.05) is 20.1 Å². The highest BCUT2D eigenvalue weighted by Gasteiger charge is 2.27. The topological polar surface area (TPSA) is 107 Å². The summed E-state index contributed by atoms with van der Waals surface area (Å²) in [5, 5.41) is 7.56. The van der Waals surface area contributed by atoms with E-state index in [2.05, 4.69) is 34.8 Å². The van der Waals surface area contributed by atoms with E-state index in [1.165, 1.54) is 13.2 Å². The minimum Gasteiger partial charge on any atom is -0.493 e. The predicted molar refractivity (Wildman–Crippen MR) is 148 cm³/mol. The summed E-state index contributed by atoms with van der Waals surface area (Å²) in [6.45, 7) is 12.3. The van der Waals surface area contributed by atoms with Crippen LogP contribution >= 0.6 is 11.3 Å². The lowest BCUT2D eigenvalue weighted by Gasteiger charge is -2.18. The van der Waals surface area contributed by atoms with Crippen LogP contribution in [0.1, 0.15) is 57.2 Å². The van der Waals surface area contributed by atoms with Gasteiger partial charge in [0.05, 0.1) is 13.7 Å². The Morgan fingerprint density at radius 3 is 2.61 bits per heavy atom. The summed E-state index contributed by atoms with van der Waals surface area (Å²) >= 11 is 1.57. The van der Waals surface area contributed by atoms with Gasteiger partial charge in [-0.25, -0.2) is 9.78 Å². The monoisotopic (exact) mass is 531 g/mol. The van der Waals surface area contributed by atoms with Crippen molar-refractivity contribution in [2.75, 3.05) is 20.3 Å². The van der Waals surface area contributed by atoms with Gasteiger partial charge in [-0.2, -0.15) is 0 Å². The fraction of sp³-hybridized carbons (Fsp3) is 0.241. The number of esters is 1. The molecule has 1 aromatic carbocycles. The fourth-order valence-electron chi connectivity index (χ4n) is 4.02. The minimum atomic E-state index is -0.737. The zero-order valence-electron chi connectivity index (χ0n) is 21.6. The summed E-state index contributed by atoms with van der Waals surface area (Å²) in [4.78, 5) is 44.3. The maximum Gasteiger partial charge on any atom is 0.357 e. The van der Waals surface area contributed by atoms with Crippen LogP contribution in [-0.4, -0.2) is 43.0 Å². The van der Waals surface area contributed by atoms with Crippen molar-refractivity contribution in [1.29, 1.82) is 0 Å². The molecule has 0 saturated heterocycles. The molecule has 8 nitrogen and oxygen atoms in total. The maximum absolute atomic E-state index is 13.6. The van der Waals surface area contributed by atoms with E-state index in [9.17, 15) is 14.4 Å². The van der Waals surface area contributed by atoms with Crippen LogP contribution in [0.2, 0.25) is 0 Å². The molecule has 1 aliphatic rings. The third-order valence-corrected chi connectivity index (χ3v) is 7.09. The Hall–Kier alpha value is -4.24. The van der Waals surface area contributed by atoms with E-state index < -0.39 is 17.8 Å². The van der Waals surface area contributed by atoms with Crippen LogP contribution in [0.5, 0.6) is 5.75 Å². The first-order valence-corrected chi connectivity index (χ1v) is 13.0. The van der Waals surface area contributed by atoms with E-state index >= 15 is 0 Å². The molecule has 9 heteroatoms. The normalized spacial score (nSPS) is 11.8. The van der Waals surface area contributed by atoms with Gasteiger partial charge in [0.1, 0.15) is 11.4 Å². The molecule has 0 fully saturated rings. The molecule has 2 amide bonds. The number of thiophene rings is 1. The van der Waals surface area contributed by atoms with Crippen LogP contribution in [-0.2, 0) is 11.2 Å². The molecule has 4 rings (SSSR count). The van der Waals surface area contributed by atoms with Gasteiger partial charge in [0.15, 0.2) is 5.69 Å². The Kier molecular flexibility index (Phi) is 8.07. The van der Waals surface area contributed by atoms with Crippen LogP contribution < -0.4 is 15.4 Å². The zero-order valence-corrected chi connectivity index (χ0v) is 22.4. The van der Waals surface area contributed by atoms with Crippen molar-refractivity contribution in [3.05, 3.63) is 82.7 Å². The molecule has 2 aromatic heterocycles. The summed E-state index contributed by atoms with van der Waals surface area (Å²) < 4.78 is 11.1. The molecule has 0 radical (unpaired) electrons. The molecule has 2 N–H and O–H groups in total. The number of rotatable bonds is 8. The molecular weight excluding hydrogens is 502 g/mol. The highest BCUT2D eigenvalue weighted by atomic mass is 32.1. The molecule has 0 aliphatic carbocycles. The number of benzene rings is 1. The Morgan fingerprint density at radius 2 is 1.89 bits per heavy atom. The largest absolute Gasteiger partial charge is 0.493 e. The molecule has 0 bridgehead atoms. The first kappa shape index (κ1) is 26.8. The summed E-state index contributed by atoms with van der Waals surface area (Å²) in [6, 6.07) is 8.67. The standard InChI is InChI=1S/C29H29N3O5S/c1-6-11-30-28(34)23-8-7-19(25(32-23)29(35)36-5)20-15-24-22(26-18(9-12-37-24)10-13-38-26)14-21(20)27(33)31-17(4)16(2)3/h7-8,10,13-15H,2,4,6,9,11-12H2,1,3,5H3,(H,30,34)(H,31,33). The Bertz CT molecular complexity index is 1460. The third kappa shape index (κ3) is 5.38. The van der Waals surface area contributed by atoms with Crippen LogP contribution in [0.3, 0.4) is 0 Å². The number of ether oxygens (including phenoxy) is 2. The predicted octanol–water partition coefficient (Wildman–Crippen LogP) is 5.16. The van der Waals surface area contributed by atoms with Crippen molar-refractivity contribution in [1.82, 2.24) is 15.6 Å². The van der Waals surface area contributed by atoms with Gasteiger partial charge >= 0.3 is 5.97 Å². The highest BCUT2D eigenvalue weighted by molar-refractivity contribution is 7.13. The Labute approximate surface area is 225 Å². The van der Waals surface area contributed by atoms with Crippen molar-refractivity contribution < 1.29 is 23.9 Å². The summed E-state index contributed by atoms with van der Waals surface area (Å²) in [5.74, 6) is -0.996. The SMILES string of the molecule is C=C(C)C(=C)NC(=O)c1cc2c(cc1-c1ccc(C(=O)NCCC)nc1C(=O)OC)OCCc1ccsc1-2. The van der Waals surface area contributed by atoms with E-state index in [0.29, 0.717) is 41.3 Å². The first-order chi connectivity index (χ1) is 18.2. The summed E-state index contributed by atoms with van der Waals surface area (Å²) in [6.07, 6.45) is 1.48. The maximum atomic E-state index is 13.6. The molecule has 0 spiro atoms. The molecule has 0 unspecified atom stereocenters. The number of hydrogen-bond donors (Lipinski definition) is 2. The number of carbonyl (C=O) groups is 3. The molecule has 3 heterocycles. The molecule has 196 valence electrons. The minimum absolute atomic E-state index is 0.0681. The van der Waals surface area contributed by atoms with Crippen molar-refractivity contribution >= 4 is 29.1 Å². The lowest BCUT2D eigenvalue weighted by atomic mass is 9.93. The molecule has 1 aliphatic heterocycles. The number of allylic oxidation sites excluding steroid dienone is 1. The number of aromatic nitrogens is 1. The number of carbonyl (C=O) groups excluding carboxylic acids is 3. The second-order valence-corrected chi connectivity index (χ2v) is 9.74. The highest BCUT2D eigenvalue weighted by Crippen LogP contribution is 2.43. The zero-order chi connectivity index (χ0) is 27.4. The lowest BCUT2D eigenvalue weighted by Crippen LogP contribution is -2.26. The van der Waals surface area contributed by atoms with Crippen LogP contribution in [0.4, 0.5) is 0 Å². The van der Waals surface area contributed by atoms with E-state index in [0.717, 1.165) is 28.8 Å². The number of pyridine rings is 1. The van der Waals surface area contributed by atoms with Gasteiger partial charge in [-0.15, -0.1) is 11.3 Å². The van der Waals surface area contributed by atoms with Gasteiger partial charge in [0.2, 0.25) is 0 Å². The van der Waals surface area contributed by atoms with Crippen LogP contribution in [0, 0.1) is 0 Å². The van der Waals surface area contributed by atoms with Gasteiger partial charge in [0.25, 0.3) is 11.8 Å². The third-order valence-electron chi connectivity index (χ3n) is 6.10. The number of hydrogen-bond acceptors (Lipinski definition) is 7. The average Bonchev–Trinajstić information content (AvgIpc) is 3.31. The molecule has 0 atom stereocenters. The van der Waals surface area contributed by atoms with Crippen molar-refractivity contribution in [2.45, 2.75) is 26.7 Å². The quantitative estimate of drug-likeness (QED) is 0.307. The fourth-order valence-corrected chi connectivity index (χ4v) is 5.00. The average molecular weight is 532 g/mol.